The van der Waals surface area contributed by atoms with E-state index in [1.807, 2.05) is 0 Å². The van der Waals surface area contributed by atoms with Gasteiger partial charge in [0.05, 0.1) is 6.54 Å². The first kappa shape index (κ1) is 11.7. The van der Waals surface area contributed by atoms with Crippen molar-refractivity contribution in [3.63, 3.8) is 0 Å². The minimum absolute atomic E-state index is 0.0205. The lowest BCUT2D eigenvalue weighted by molar-refractivity contribution is 0.420. The number of nitrogens with one attached hydrogen (secondary N) is 1. The van der Waals surface area contributed by atoms with Crippen molar-refractivity contribution in [1.29, 1.82) is 0 Å². The monoisotopic (exact) mass is 261 g/mol. The van der Waals surface area contributed by atoms with Gasteiger partial charge in [0.25, 0.3) is 5.56 Å². The molecule has 2 rings (SSSR count). The fraction of sp³-hybridized carbons (Fsp3) is 0.286. The molecule has 0 amide bonds. The van der Waals surface area contributed by atoms with Crippen molar-refractivity contribution in [2.45, 2.75) is 6.54 Å². The maximum atomic E-state index is 12.6. The van der Waals surface area contributed by atoms with Gasteiger partial charge in [0.1, 0.15) is 0 Å². The van der Waals surface area contributed by atoms with Crippen LogP contribution in [-0.2, 0) is 17.0 Å². The number of H-pyrrole nitrogens is 1. The Morgan fingerprint density at radius 1 is 1.53 bits per heavy atom. The highest BCUT2D eigenvalue weighted by Gasteiger charge is 2.19. The number of fused-ring (bicyclic) bond motifs is 1. The van der Waals surface area contributed by atoms with E-state index in [2.05, 4.69) is 15.2 Å². The van der Waals surface area contributed by atoms with Crippen LogP contribution in [0.25, 0.3) is 5.65 Å². The number of hydrogen-bond acceptors (Lipinski definition) is 5. The molecule has 2 aromatic rings. The second-order valence-corrected chi connectivity index (χ2v) is 4.74. The van der Waals surface area contributed by atoms with Crippen molar-refractivity contribution in [3.05, 3.63) is 28.6 Å². The van der Waals surface area contributed by atoms with Gasteiger partial charge in [-0.2, -0.15) is 12.7 Å². The molecule has 10 heteroatoms. The van der Waals surface area contributed by atoms with E-state index in [4.69, 9.17) is 0 Å². The summed E-state index contributed by atoms with van der Waals surface area (Å²) in [5, 5.41) is 7.21. The summed E-state index contributed by atoms with van der Waals surface area (Å²) < 4.78 is 35.6. The Morgan fingerprint density at radius 3 is 2.88 bits per heavy atom. The summed E-state index contributed by atoms with van der Waals surface area (Å²) in [6.45, 7) is -0.316. The largest absolute Gasteiger partial charge is 0.374 e. The van der Waals surface area contributed by atoms with Crippen LogP contribution in [0.4, 0.5) is 3.89 Å². The molecule has 0 radical (unpaired) electrons. The molecular formula is C7H8FN5O3S. The van der Waals surface area contributed by atoms with E-state index < -0.39 is 16.0 Å². The predicted octanol–water partition coefficient (Wildman–Crippen LogP) is -0.936. The highest BCUT2D eigenvalue weighted by atomic mass is 32.3. The lowest BCUT2D eigenvalue weighted by Crippen LogP contribution is -2.23. The van der Waals surface area contributed by atoms with E-state index in [1.165, 1.54) is 16.8 Å². The summed E-state index contributed by atoms with van der Waals surface area (Å²) in [5.41, 5.74) is -0.441. The summed E-state index contributed by atoms with van der Waals surface area (Å²) >= 11 is 0. The second kappa shape index (κ2) is 3.89. The van der Waals surface area contributed by atoms with Gasteiger partial charge < -0.3 is 4.98 Å². The Morgan fingerprint density at radius 2 is 2.24 bits per heavy atom. The topological polar surface area (TPSA) is 100 Å². The number of hydrogen-bond donors (Lipinski definition) is 1. The summed E-state index contributed by atoms with van der Waals surface area (Å²) in [4.78, 5) is 13.7. The molecule has 2 heterocycles. The van der Waals surface area contributed by atoms with Gasteiger partial charge >= 0.3 is 10.4 Å². The zero-order chi connectivity index (χ0) is 12.6. The quantitative estimate of drug-likeness (QED) is 0.719. The van der Waals surface area contributed by atoms with Crippen LogP contribution in [-0.4, -0.2) is 39.4 Å². The van der Waals surface area contributed by atoms with E-state index in [9.17, 15) is 17.1 Å². The molecule has 0 aliphatic heterocycles. The van der Waals surface area contributed by atoms with Gasteiger partial charge in [-0.3, -0.25) is 9.20 Å². The molecule has 0 unspecified atom stereocenters. The normalized spacial score (nSPS) is 12.4. The standard InChI is InChI=1S/C7H8FN5O3S/c1-12(17(8,15)16)4-5-10-11-6-7(14)9-2-3-13(5)6/h2-3H,4H2,1H3,(H,9,14). The van der Waals surface area contributed by atoms with Crippen LogP contribution in [0.3, 0.4) is 0 Å². The molecule has 0 spiro atoms. The lowest BCUT2D eigenvalue weighted by Gasteiger charge is -2.08. The molecule has 8 nitrogen and oxygen atoms in total. The number of nitrogens with zero attached hydrogens (tertiary/aromatic N) is 4. The molecule has 2 aromatic heterocycles. The molecule has 0 bridgehead atoms. The molecule has 92 valence electrons. The summed E-state index contributed by atoms with van der Waals surface area (Å²) in [7, 11) is -3.73. The summed E-state index contributed by atoms with van der Waals surface area (Å²) in [6, 6.07) is 0. The first-order valence-corrected chi connectivity index (χ1v) is 5.81. The van der Waals surface area contributed by atoms with Crippen LogP contribution >= 0.6 is 0 Å². The SMILES string of the molecule is CN(Cc1nnc2c(=O)[nH]ccn12)S(=O)(=O)F. The van der Waals surface area contributed by atoms with E-state index >= 15 is 0 Å². The summed E-state index contributed by atoms with van der Waals surface area (Å²) in [5.74, 6) is 0.148. The molecule has 0 fully saturated rings. The maximum Gasteiger partial charge on any atom is 0.374 e. The lowest BCUT2D eigenvalue weighted by atomic mass is 10.5. The van der Waals surface area contributed by atoms with Crippen LogP contribution in [0, 0.1) is 0 Å². The molecule has 0 aliphatic rings. The van der Waals surface area contributed by atoms with Crippen molar-refractivity contribution in [2.24, 2.45) is 0 Å². The Hall–Kier alpha value is -1.81. The molecule has 1 N–H and O–H groups in total. The zero-order valence-electron chi connectivity index (χ0n) is 8.66. The molecule has 17 heavy (non-hydrogen) atoms. The van der Waals surface area contributed by atoms with E-state index in [0.717, 1.165) is 7.05 Å². The highest BCUT2D eigenvalue weighted by Crippen LogP contribution is 2.06. The fourth-order valence-corrected chi connectivity index (χ4v) is 1.54. The Balaban J connectivity index is 2.45. The minimum atomic E-state index is -4.79. The molecule has 0 atom stereocenters. The Bertz CT molecular complexity index is 706. The van der Waals surface area contributed by atoms with E-state index in [1.54, 1.807) is 0 Å². The van der Waals surface area contributed by atoms with Gasteiger partial charge in [0.2, 0.25) is 5.65 Å². The highest BCUT2D eigenvalue weighted by molar-refractivity contribution is 7.83. The first-order valence-electron chi connectivity index (χ1n) is 4.47. The van der Waals surface area contributed by atoms with Gasteiger partial charge in [-0.1, -0.05) is 3.89 Å². The average molecular weight is 261 g/mol. The third-order valence-corrected chi connectivity index (χ3v) is 3.02. The first-order chi connectivity index (χ1) is 7.89. The maximum absolute atomic E-state index is 12.6. The van der Waals surface area contributed by atoms with Gasteiger partial charge in [-0.25, -0.2) is 0 Å². The second-order valence-electron chi connectivity index (χ2n) is 3.30. The van der Waals surface area contributed by atoms with Gasteiger partial charge in [0, 0.05) is 19.4 Å². The van der Waals surface area contributed by atoms with Crippen molar-refractivity contribution in [3.8, 4) is 0 Å². The zero-order valence-corrected chi connectivity index (χ0v) is 9.48. The van der Waals surface area contributed by atoms with Crippen LogP contribution < -0.4 is 5.56 Å². The Kier molecular flexibility index (Phi) is 2.67. The molecule has 0 aliphatic carbocycles. The van der Waals surface area contributed by atoms with Crippen molar-refractivity contribution >= 4 is 16.1 Å². The van der Waals surface area contributed by atoms with E-state index in [0.29, 0.717) is 4.31 Å². The van der Waals surface area contributed by atoms with Crippen LogP contribution in [0.2, 0.25) is 0 Å². The fourth-order valence-electron chi connectivity index (χ4n) is 1.27. The number of aromatic nitrogens is 4. The average Bonchev–Trinajstić information content (AvgIpc) is 2.62. The smallest absolute Gasteiger partial charge is 0.324 e. The summed E-state index contributed by atoms with van der Waals surface area (Å²) in [6.07, 6.45) is 2.80. The molecule has 0 saturated carbocycles. The van der Waals surface area contributed by atoms with Crippen LogP contribution in [0.1, 0.15) is 5.82 Å². The number of aromatic amines is 1. The van der Waals surface area contributed by atoms with Gasteiger partial charge in [-0.15, -0.1) is 10.2 Å². The van der Waals surface area contributed by atoms with Gasteiger partial charge in [-0.05, 0) is 0 Å². The number of rotatable bonds is 3. The Labute approximate surface area is 95.1 Å². The van der Waals surface area contributed by atoms with Crippen molar-refractivity contribution in [1.82, 2.24) is 23.9 Å². The molecular weight excluding hydrogens is 253 g/mol. The molecule has 0 saturated heterocycles. The van der Waals surface area contributed by atoms with Crippen molar-refractivity contribution < 1.29 is 12.3 Å². The number of halogens is 1. The third-order valence-electron chi connectivity index (χ3n) is 2.14. The van der Waals surface area contributed by atoms with Gasteiger partial charge in [0.15, 0.2) is 5.82 Å². The molecule has 0 aromatic carbocycles. The van der Waals surface area contributed by atoms with E-state index in [-0.39, 0.29) is 18.0 Å². The van der Waals surface area contributed by atoms with Crippen molar-refractivity contribution in [2.75, 3.05) is 7.05 Å². The minimum Gasteiger partial charge on any atom is -0.324 e. The predicted molar refractivity (Wildman–Crippen MR) is 55.1 cm³/mol. The van der Waals surface area contributed by atoms with Crippen LogP contribution in [0.15, 0.2) is 17.2 Å². The van der Waals surface area contributed by atoms with Crippen LogP contribution in [0.5, 0.6) is 0 Å². The third kappa shape index (κ3) is 2.17.